The molecule has 1 atom stereocenters. The highest BCUT2D eigenvalue weighted by molar-refractivity contribution is 6.31. The zero-order valence-electron chi connectivity index (χ0n) is 20.6. The molecule has 1 unspecified atom stereocenters. The summed E-state index contributed by atoms with van der Waals surface area (Å²) in [5.74, 6) is 1.72. The van der Waals surface area contributed by atoms with Crippen LogP contribution in [-0.4, -0.2) is 31.3 Å². The van der Waals surface area contributed by atoms with Crippen molar-refractivity contribution in [3.8, 4) is 6.07 Å². The van der Waals surface area contributed by atoms with Crippen LogP contribution in [0.15, 0.2) is 36.4 Å². The highest BCUT2D eigenvalue weighted by Gasteiger charge is 2.21. The molecule has 1 aliphatic heterocycles. The molecular formula is C27H38ClFN2O. The van der Waals surface area contributed by atoms with Crippen molar-refractivity contribution in [3.05, 3.63) is 69.5 Å². The number of hydrogen-bond acceptors (Lipinski definition) is 3. The lowest BCUT2D eigenvalue weighted by atomic mass is 9.95. The van der Waals surface area contributed by atoms with Gasteiger partial charge in [0.05, 0.1) is 10.6 Å². The lowest BCUT2D eigenvalue weighted by Crippen LogP contribution is -2.16. The van der Waals surface area contributed by atoms with Gasteiger partial charge >= 0.3 is 0 Å². The van der Waals surface area contributed by atoms with Gasteiger partial charge in [-0.25, -0.2) is 4.39 Å². The number of nitrogens with zero attached hydrogens (tertiary/aromatic N) is 2. The van der Waals surface area contributed by atoms with E-state index < -0.39 is 0 Å². The first-order valence-electron chi connectivity index (χ1n) is 11.1. The van der Waals surface area contributed by atoms with E-state index in [0.29, 0.717) is 10.6 Å². The molecule has 0 radical (unpaired) electrons. The topological polar surface area (TPSA) is 44.1 Å². The van der Waals surface area contributed by atoms with Crippen molar-refractivity contribution in [2.45, 2.75) is 54.4 Å². The third-order valence-corrected chi connectivity index (χ3v) is 5.62. The van der Waals surface area contributed by atoms with Gasteiger partial charge in [-0.3, -0.25) is 0 Å². The van der Waals surface area contributed by atoms with Crippen LogP contribution in [0.3, 0.4) is 0 Å². The normalized spacial score (nSPS) is 14.7. The number of carbonyl (C=O) groups excluding carboxylic acids is 1. The van der Waals surface area contributed by atoms with Crippen LogP contribution in [0.5, 0.6) is 0 Å². The zero-order valence-corrected chi connectivity index (χ0v) is 21.3. The van der Waals surface area contributed by atoms with Crippen LogP contribution in [-0.2, 0) is 11.2 Å². The van der Waals surface area contributed by atoms with E-state index >= 15 is 0 Å². The average Bonchev–Trinajstić information content (AvgIpc) is 3.18. The van der Waals surface area contributed by atoms with E-state index in [4.69, 9.17) is 21.7 Å². The molecule has 0 N–H and O–H groups in total. The van der Waals surface area contributed by atoms with Crippen molar-refractivity contribution in [1.82, 2.24) is 4.90 Å². The van der Waals surface area contributed by atoms with Crippen LogP contribution in [0.2, 0.25) is 5.02 Å². The van der Waals surface area contributed by atoms with Crippen molar-refractivity contribution in [1.29, 1.82) is 5.26 Å². The number of aldehydes is 1. The number of benzene rings is 2. The smallest absolute Gasteiger partial charge is 0.123 e. The van der Waals surface area contributed by atoms with Crippen molar-refractivity contribution in [2.75, 3.05) is 20.1 Å². The van der Waals surface area contributed by atoms with E-state index in [0.717, 1.165) is 35.7 Å². The number of nitriles is 1. The summed E-state index contributed by atoms with van der Waals surface area (Å²) in [6.45, 7) is 14.7. The van der Waals surface area contributed by atoms with E-state index in [9.17, 15) is 4.39 Å². The predicted octanol–water partition coefficient (Wildman–Crippen LogP) is 7.02. The summed E-state index contributed by atoms with van der Waals surface area (Å²) in [6, 6.07) is 12.3. The Morgan fingerprint density at radius 1 is 1.25 bits per heavy atom. The minimum atomic E-state index is -0.137. The molecule has 1 aliphatic rings. The Kier molecular flexibility index (Phi) is 15.3. The van der Waals surface area contributed by atoms with Gasteiger partial charge in [-0.1, -0.05) is 44.5 Å². The van der Waals surface area contributed by atoms with E-state index in [2.05, 4.69) is 25.8 Å². The summed E-state index contributed by atoms with van der Waals surface area (Å²) in [5, 5.41) is 9.00. The standard InChI is InChI=1S/C9H11F.C8H6ClN.C8H17N.C2H4O/c1-3-8-6-9(10)5-4-7(8)2;1-6-2-3-7(5-10)8(9)4-6;1-7(2)8-4-5-9(3)6-8;1-2-3/h4-6H,3H2,1-2H3;2-4H,1H3;7-8H,4-6H2,1-3H3;2H,1H3. The van der Waals surface area contributed by atoms with Crippen molar-refractivity contribution < 1.29 is 9.18 Å². The van der Waals surface area contributed by atoms with Crippen LogP contribution in [0.1, 0.15) is 56.4 Å². The zero-order chi connectivity index (χ0) is 24.7. The third kappa shape index (κ3) is 12.0. The Hall–Kier alpha value is -2.22. The van der Waals surface area contributed by atoms with E-state index in [1.807, 2.05) is 39.0 Å². The largest absolute Gasteiger partial charge is 0.306 e. The van der Waals surface area contributed by atoms with Crippen LogP contribution >= 0.6 is 11.6 Å². The molecule has 5 heteroatoms. The molecule has 2 aromatic carbocycles. The summed E-state index contributed by atoms with van der Waals surface area (Å²) in [5.41, 5.74) is 3.88. The van der Waals surface area contributed by atoms with Crippen LogP contribution in [0.4, 0.5) is 4.39 Å². The fourth-order valence-electron chi connectivity index (χ4n) is 3.25. The molecule has 0 aromatic heterocycles. The van der Waals surface area contributed by atoms with Crippen LogP contribution in [0, 0.1) is 42.8 Å². The third-order valence-electron chi connectivity index (χ3n) is 5.31. The number of carbonyl (C=O) groups is 1. The lowest BCUT2D eigenvalue weighted by Gasteiger charge is -2.13. The Labute approximate surface area is 199 Å². The molecule has 1 fully saturated rings. The maximum atomic E-state index is 12.5. The SMILES string of the molecule is CC(C)C1CCN(C)C1.CC=O.CCc1cc(F)ccc1C.Cc1ccc(C#N)c(Cl)c1. The fraction of sp³-hybridized carbons (Fsp3) is 0.481. The van der Waals surface area contributed by atoms with Gasteiger partial charge in [0.2, 0.25) is 0 Å². The maximum Gasteiger partial charge on any atom is 0.123 e. The highest BCUT2D eigenvalue weighted by atomic mass is 35.5. The summed E-state index contributed by atoms with van der Waals surface area (Å²) >= 11 is 5.71. The molecule has 32 heavy (non-hydrogen) atoms. The van der Waals surface area contributed by atoms with Gasteiger partial charge in [0, 0.05) is 6.54 Å². The number of likely N-dealkylation sites (tertiary alicyclic amines) is 1. The van der Waals surface area contributed by atoms with Gasteiger partial charge in [-0.15, -0.1) is 0 Å². The molecule has 1 saturated heterocycles. The molecule has 1 heterocycles. The lowest BCUT2D eigenvalue weighted by molar-refractivity contribution is -0.106. The molecule has 0 saturated carbocycles. The summed E-state index contributed by atoms with van der Waals surface area (Å²) in [7, 11) is 2.21. The number of halogens is 2. The Balaban J connectivity index is 0.000000425. The minimum Gasteiger partial charge on any atom is -0.306 e. The van der Waals surface area contributed by atoms with Crippen molar-refractivity contribution in [3.63, 3.8) is 0 Å². The van der Waals surface area contributed by atoms with E-state index in [1.54, 1.807) is 18.2 Å². The summed E-state index contributed by atoms with van der Waals surface area (Å²) in [4.78, 5) is 11.2. The van der Waals surface area contributed by atoms with Gasteiger partial charge in [0.25, 0.3) is 0 Å². The Bertz CT molecular complexity index is 852. The maximum absolute atomic E-state index is 12.5. The van der Waals surface area contributed by atoms with Gasteiger partial charge in [0.15, 0.2) is 0 Å². The van der Waals surface area contributed by atoms with E-state index in [-0.39, 0.29) is 5.82 Å². The average molecular weight is 461 g/mol. The van der Waals surface area contributed by atoms with Gasteiger partial charge in [-0.05, 0) is 100.0 Å². The molecular weight excluding hydrogens is 423 g/mol. The Morgan fingerprint density at radius 3 is 2.25 bits per heavy atom. The molecule has 3 rings (SSSR count). The number of hydrogen-bond donors (Lipinski definition) is 0. The molecule has 0 bridgehead atoms. The van der Waals surface area contributed by atoms with Crippen LogP contribution < -0.4 is 0 Å². The molecule has 0 amide bonds. The summed E-state index contributed by atoms with van der Waals surface area (Å²) < 4.78 is 12.5. The highest BCUT2D eigenvalue weighted by Crippen LogP contribution is 2.21. The molecule has 2 aromatic rings. The Morgan fingerprint density at radius 2 is 1.88 bits per heavy atom. The molecule has 176 valence electrons. The van der Waals surface area contributed by atoms with E-state index in [1.165, 1.54) is 38.1 Å². The minimum absolute atomic E-state index is 0.137. The van der Waals surface area contributed by atoms with Crippen molar-refractivity contribution >= 4 is 17.9 Å². The monoisotopic (exact) mass is 460 g/mol. The molecule has 0 aliphatic carbocycles. The second-order valence-corrected chi connectivity index (χ2v) is 8.72. The first kappa shape index (κ1) is 29.8. The van der Waals surface area contributed by atoms with Crippen LogP contribution in [0.25, 0.3) is 0 Å². The molecule has 3 nitrogen and oxygen atoms in total. The van der Waals surface area contributed by atoms with Gasteiger partial charge in [-0.2, -0.15) is 5.26 Å². The summed E-state index contributed by atoms with van der Waals surface area (Å²) in [6.07, 6.45) is 3.07. The molecule has 0 spiro atoms. The van der Waals surface area contributed by atoms with Crippen molar-refractivity contribution in [2.24, 2.45) is 11.8 Å². The number of aryl methyl sites for hydroxylation is 3. The second kappa shape index (κ2) is 16.4. The quantitative estimate of drug-likeness (QED) is 0.452. The van der Waals surface area contributed by atoms with Gasteiger partial charge < -0.3 is 9.69 Å². The fourth-order valence-corrected chi connectivity index (χ4v) is 3.52. The van der Waals surface area contributed by atoms with Gasteiger partial charge in [0.1, 0.15) is 18.2 Å². The first-order valence-corrected chi connectivity index (χ1v) is 11.5. The first-order chi connectivity index (χ1) is 15.1. The second-order valence-electron chi connectivity index (χ2n) is 8.31. The predicted molar refractivity (Wildman–Crippen MR) is 134 cm³/mol. The number of rotatable bonds is 2.